The van der Waals surface area contributed by atoms with Gasteiger partial charge in [0.2, 0.25) is 0 Å². The molecule has 0 spiro atoms. The van der Waals surface area contributed by atoms with Crippen molar-refractivity contribution in [3.8, 4) is 0 Å². The molecule has 2 saturated carbocycles. The Morgan fingerprint density at radius 1 is 0.656 bits per heavy atom. The summed E-state index contributed by atoms with van der Waals surface area (Å²) in [5, 5.41) is 23.0. The van der Waals surface area contributed by atoms with Gasteiger partial charge in [-0.1, -0.05) is 0 Å². The molecule has 2 amide bonds. The van der Waals surface area contributed by atoms with Gasteiger partial charge in [0, 0.05) is 12.1 Å². The highest BCUT2D eigenvalue weighted by Crippen LogP contribution is 2.26. The lowest BCUT2D eigenvalue weighted by Gasteiger charge is -2.21. The number of carbonyl (C=O) groups is 4. The average Bonchev–Trinajstić information content (AvgIpc) is 3.21. The van der Waals surface area contributed by atoms with Crippen molar-refractivity contribution in [3.63, 3.8) is 0 Å². The van der Waals surface area contributed by atoms with Crippen molar-refractivity contribution in [2.24, 2.45) is 11.8 Å². The van der Waals surface area contributed by atoms with E-state index in [1.165, 1.54) is 0 Å². The van der Waals surface area contributed by atoms with Crippen LogP contribution in [0.5, 0.6) is 0 Å². The molecular weight excluding hydrogens is 420 g/mol. The van der Waals surface area contributed by atoms with Gasteiger partial charge in [-0.3, -0.25) is 9.59 Å². The number of carbonyl (C=O) groups excluding carboxylic acids is 2. The smallest absolute Gasteiger partial charge is 0.407 e. The number of amides is 2. The summed E-state index contributed by atoms with van der Waals surface area (Å²) < 4.78 is 10.2. The molecule has 0 radical (unpaired) electrons. The third-order valence-corrected chi connectivity index (χ3v) is 5.01. The van der Waals surface area contributed by atoms with Gasteiger partial charge < -0.3 is 30.3 Å². The van der Waals surface area contributed by atoms with E-state index < -0.39 is 35.3 Å². The SMILES string of the molecule is CC(C)(C)OC(=O)NC1CCC(C(=O)O)C1.CC(C)(C)OC(=O)NC1CCC(C(=O)O)C1. The topological polar surface area (TPSA) is 151 Å². The Morgan fingerprint density at radius 2 is 0.969 bits per heavy atom. The van der Waals surface area contributed by atoms with E-state index in [1.807, 2.05) is 0 Å². The van der Waals surface area contributed by atoms with Crippen LogP contribution >= 0.6 is 0 Å². The van der Waals surface area contributed by atoms with Crippen LogP contribution in [0.15, 0.2) is 0 Å². The molecule has 0 aromatic rings. The molecule has 4 atom stereocenters. The van der Waals surface area contributed by atoms with Crippen LogP contribution in [0.1, 0.15) is 80.1 Å². The van der Waals surface area contributed by atoms with Crippen LogP contribution in [-0.4, -0.2) is 57.6 Å². The number of nitrogens with one attached hydrogen (secondary N) is 2. The highest BCUT2D eigenvalue weighted by atomic mass is 16.6. The van der Waals surface area contributed by atoms with E-state index in [9.17, 15) is 19.2 Å². The average molecular weight is 459 g/mol. The molecule has 0 saturated heterocycles. The quantitative estimate of drug-likeness (QED) is 0.499. The summed E-state index contributed by atoms with van der Waals surface area (Å²) in [7, 11) is 0. The van der Waals surface area contributed by atoms with Crippen molar-refractivity contribution in [1.82, 2.24) is 10.6 Å². The van der Waals surface area contributed by atoms with Crippen molar-refractivity contribution >= 4 is 24.1 Å². The lowest BCUT2D eigenvalue weighted by Crippen LogP contribution is -2.38. The van der Waals surface area contributed by atoms with E-state index in [2.05, 4.69) is 10.6 Å². The lowest BCUT2D eigenvalue weighted by atomic mass is 10.1. The van der Waals surface area contributed by atoms with E-state index in [4.69, 9.17) is 19.7 Å². The molecule has 4 unspecified atom stereocenters. The maximum absolute atomic E-state index is 11.4. The maximum atomic E-state index is 11.4. The summed E-state index contributed by atoms with van der Waals surface area (Å²) in [6.07, 6.45) is 2.70. The molecule has 184 valence electrons. The molecule has 0 bridgehead atoms. The first kappa shape index (κ1) is 27.5. The van der Waals surface area contributed by atoms with E-state index in [1.54, 1.807) is 41.5 Å². The molecule has 0 aromatic heterocycles. The van der Waals surface area contributed by atoms with Gasteiger partial charge in [0.15, 0.2) is 0 Å². The lowest BCUT2D eigenvalue weighted by molar-refractivity contribution is -0.142. The fraction of sp³-hybridized carbons (Fsp3) is 0.818. The molecule has 0 aromatic carbocycles. The molecule has 2 rings (SSSR count). The molecule has 10 nitrogen and oxygen atoms in total. The molecular formula is C22H38N2O8. The highest BCUT2D eigenvalue weighted by molar-refractivity contribution is 5.72. The number of aliphatic carboxylic acids is 2. The van der Waals surface area contributed by atoms with Gasteiger partial charge in [-0.15, -0.1) is 0 Å². The van der Waals surface area contributed by atoms with Gasteiger partial charge in [0.05, 0.1) is 11.8 Å². The van der Waals surface area contributed by atoms with E-state index in [-0.39, 0.29) is 23.9 Å². The number of ether oxygens (including phenoxy) is 2. The van der Waals surface area contributed by atoms with Gasteiger partial charge in [-0.2, -0.15) is 0 Å². The number of hydrogen-bond acceptors (Lipinski definition) is 6. The normalized spacial score (nSPS) is 25.2. The Kier molecular flexibility index (Phi) is 9.78. The molecule has 2 aliphatic carbocycles. The summed E-state index contributed by atoms with van der Waals surface area (Å²) in [5.74, 6) is -2.23. The second kappa shape index (κ2) is 11.4. The first-order chi connectivity index (χ1) is 14.6. The molecule has 10 heteroatoms. The van der Waals surface area contributed by atoms with Crippen molar-refractivity contribution in [2.45, 2.75) is 103 Å². The van der Waals surface area contributed by atoms with Gasteiger partial charge in [0.1, 0.15) is 11.2 Å². The zero-order chi connectivity index (χ0) is 24.7. The third kappa shape index (κ3) is 11.2. The minimum atomic E-state index is -0.784. The van der Waals surface area contributed by atoms with Crippen LogP contribution in [0.25, 0.3) is 0 Å². The standard InChI is InChI=1S/2C11H19NO4/c2*1-11(2,3)16-10(15)12-8-5-4-7(6-8)9(13)14/h2*7-8H,4-6H2,1-3H3,(H,12,15)(H,13,14). The fourth-order valence-corrected chi connectivity index (χ4v) is 3.62. The molecule has 4 N–H and O–H groups in total. The second-order valence-corrected chi connectivity index (χ2v) is 10.4. The van der Waals surface area contributed by atoms with Crippen molar-refractivity contribution in [2.75, 3.05) is 0 Å². The zero-order valence-electron chi connectivity index (χ0n) is 19.9. The van der Waals surface area contributed by atoms with Crippen LogP contribution in [0.3, 0.4) is 0 Å². The van der Waals surface area contributed by atoms with E-state index >= 15 is 0 Å². The number of hydrogen-bond donors (Lipinski definition) is 4. The predicted octanol–water partition coefficient (Wildman–Crippen LogP) is 3.53. The van der Waals surface area contributed by atoms with Crippen molar-refractivity contribution in [1.29, 1.82) is 0 Å². The summed E-state index contributed by atoms with van der Waals surface area (Å²) in [6.45, 7) is 10.8. The Bertz CT molecular complexity index is 622. The predicted molar refractivity (Wildman–Crippen MR) is 116 cm³/mol. The van der Waals surface area contributed by atoms with Gasteiger partial charge in [0.25, 0.3) is 0 Å². The minimum Gasteiger partial charge on any atom is -0.481 e. The molecule has 2 aliphatic rings. The van der Waals surface area contributed by atoms with E-state index in [0.29, 0.717) is 38.5 Å². The largest absolute Gasteiger partial charge is 0.481 e. The van der Waals surface area contributed by atoms with Gasteiger partial charge >= 0.3 is 24.1 Å². The number of rotatable bonds is 4. The number of alkyl carbamates (subject to hydrolysis) is 2. The fourth-order valence-electron chi connectivity index (χ4n) is 3.62. The van der Waals surface area contributed by atoms with E-state index in [0.717, 1.165) is 0 Å². The highest BCUT2D eigenvalue weighted by Gasteiger charge is 2.32. The first-order valence-corrected chi connectivity index (χ1v) is 11.0. The maximum Gasteiger partial charge on any atom is 0.407 e. The van der Waals surface area contributed by atoms with Gasteiger partial charge in [-0.05, 0) is 80.1 Å². The first-order valence-electron chi connectivity index (χ1n) is 11.0. The summed E-state index contributed by atoms with van der Waals surface area (Å²) in [6, 6.07) is -0.146. The zero-order valence-corrected chi connectivity index (χ0v) is 19.9. The Labute approximate surface area is 189 Å². The Morgan fingerprint density at radius 3 is 1.19 bits per heavy atom. The molecule has 2 fully saturated rings. The Balaban J connectivity index is 0.000000320. The number of carboxylic acids is 2. The molecule has 0 heterocycles. The third-order valence-electron chi connectivity index (χ3n) is 5.01. The van der Waals surface area contributed by atoms with Gasteiger partial charge in [-0.25, -0.2) is 9.59 Å². The van der Waals surface area contributed by atoms with Crippen LogP contribution in [0, 0.1) is 11.8 Å². The molecule has 32 heavy (non-hydrogen) atoms. The minimum absolute atomic E-state index is 0.0732. The van der Waals surface area contributed by atoms with Crippen LogP contribution < -0.4 is 10.6 Å². The van der Waals surface area contributed by atoms with Crippen molar-refractivity contribution < 1.29 is 38.9 Å². The van der Waals surface area contributed by atoms with Crippen molar-refractivity contribution in [3.05, 3.63) is 0 Å². The monoisotopic (exact) mass is 458 g/mol. The molecule has 0 aliphatic heterocycles. The van der Waals surface area contributed by atoms with Crippen LogP contribution in [0.2, 0.25) is 0 Å². The summed E-state index contributed by atoms with van der Waals surface area (Å²) in [5.41, 5.74) is -1.04. The van der Waals surface area contributed by atoms with Crippen LogP contribution in [0.4, 0.5) is 9.59 Å². The van der Waals surface area contributed by atoms with Crippen LogP contribution in [-0.2, 0) is 19.1 Å². The summed E-state index contributed by atoms with van der Waals surface area (Å²) >= 11 is 0. The second-order valence-electron chi connectivity index (χ2n) is 10.4. The Hall–Kier alpha value is -2.52. The number of carboxylic acid groups (broad SMARTS) is 2. The summed E-state index contributed by atoms with van der Waals surface area (Å²) in [4.78, 5) is 44.3.